The normalized spacial score (nSPS) is 22.1. The summed E-state index contributed by atoms with van der Waals surface area (Å²) in [7, 11) is 0. The lowest BCUT2D eigenvalue weighted by Crippen LogP contribution is -2.54. The van der Waals surface area contributed by atoms with E-state index in [0.717, 1.165) is 13.1 Å². The predicted molar refractivity (Wildman–Crippen MR) is 75.3 cm³/mol. The number of morpholine rings is 1. The van der Waals surface area contributed by atoms with Crippen LogP contribution in [0.2, 0.25) is 0 Å². The maximum absolute atomic E-state index is 11.6. The summed E-state index contributed by atoms with van der Waals surface area (Å²) in [4.78, 5) is 14.0. The molecule has 0 spiro atoms. The summed E-state index contributed by atoms with van der Waals surface area (Å²) in [6.07, 6.45) is -0.357. The van der Waals surface area contributed by atoms with Crippen molar-refractivity contribution >= 4 is 6.09 Å². The third-order valence-electron chi connectivity index (χ3n) is 2.96. The number of amides is 1. The summed E-state index contributed by atoms with van der Waals surface area (Å²) in [5.41, 5.74) is -0.330. The van der Waals surface area contributed by atoms with Crippen LogP contribution in [0.3, 0.4) is 0 Å². The van der Waals surface area contributed by atoms with Gasteiger partial charge >= 0.3 is 6.09 Å². The Morgan fingerprint density at radius 1 is 1.32 bits per heavy atom. The standard InChI is InChI=1S/C14H28N2O3/c1-13(2,3)16-7-8-18-11(10-16)9-15-12(17)19-14(4,5)6/h11H,7-10H2,1-6H3,(H,15,17)/t11-/m0/s1. The van der Waals surface area contributed by atoms with Gasteiger partial charge in [-0.25, -0.2) is 4.79 Å². The SMILES string of the molecule is CC(C)(C)OC(=O)NC[C@H]1CN(C(C)(C)C)CCO1. The van der Waals surface area contributed by atoms with Crippen LogP contribution in [-0.4, -0.2) is 54.5 Å². The molecule has 0 unspecified atom stereocenters. The predicted octanol–water partition coefficient (Wildman–Crippen LogP) is 2.01. The smallest absolute Gasteiger partial charge is 0.407 e. The Kier molecular flexibility index (Phi) is 5.21. The number of nitrogens with one attached hydrogen (secondary N) is 1. The first kappa shape index (κ1) is 16.2. The lowest BCUT2D eigenvalue weighted by molar-refractivity contribution is -0.0569. The van der Waals surface area contributed by atoms with Gasteiger partial charge in [-0.1, -0.05) is 0 Å². The minimum Gasteiger partial charge on any atom is -0.444 e. The fourth-order valence-electron chi connectivity index (χ4n) is 1.96. The molecule has 1 aliphatic rings. The largest absolute Gasteiger partial charge is 0.444 e. The molecule has 0 aliphatic carbocycles. The molecule has 1 fully saturated rings. The van der Waals surface area contributed by atoms with Gasteiger partial charge in [0.25, 0.3) is 0 Å². The van der Waals surface area contributed by atoms with Crippen LogP contribution in [-0.2, 0) is 9.47 Å². The second-order valence-corrected chi connectivity index (χ2v) is 6.99. The average Bonchev–Trinajstić information content (AvgIpc) is 2.23. The van der Waals surface area contributed by atoms with Crippen LogP contribution >= 0.6 is 0 Å². The van der Waals surface area contributed by atoms with Crippen molar-refractivity contribution in [2.75, 3.05) is 26.2 Å². The maximum atomic E-state index is 11.6. The first-order valence-electron chi connectivity index (χ1n) is 6.91. The highest BCUT2D eigenvalue weighted by atomic mass is 16.6. The highest BCUT2D eigenvalue weighted by Crippen LogP contribution is 2.17. The van der Waals surface area contributed by atoms with Crippen LogP contribution in [0.4, 0.5) is 4.79 Å². The lowest BCUT2D eigenvalue weighted by Gasteiger charge is -2.41. The van der Waals surface area contributed by atoms with Crippen molar-refractivity contribution in [1.29, 1.82) is 0 Å². The van der Waals surface area contributed by atoms with E-state index in [9.17, 15) is 4.79 Å². The van der Waals surface area contributed by atoms with Crippen LogP contribution in [0.5, 0.6) is 0 Å². The Bertz CT molecular complexity index is 305. The van der Waals surface area contributed by atoms with Crippen LogP contribution in [0.1, 0.15) is 41.5 Å². The lowest BCUT2D eigenvalue weighted by atomic mass is 10.0. The second kappa shape index (κ2) is 6.09. The van der Waals surface area contributed by atoms with Gasteiger partial charge in [-0.15, -0.1) is 0 Å². The fourth-order valence-corrected chi connectivity index (χ4v) is 1.96. The first-order valence-corrected chi connectivity index (χ1v) is 6.91. The second-order valence-electron chi connectivity index (χ2n) is 6.99. The van der Waals surface area contributed by atoms with E-state index >= 15 is 0 Å². The van der Waals surface area contributed by atoms with Crippen molar-refractivity contribution < 1.29 is 14.3 Å². The Morgan fingerprint density at radius 2 is 1.95 bits per heavy atom. The average molecular weight is 272 g/mol. The Labute approximate surface area is 116 Å². The van der Waals surface area contributed by atoms with Gasteiger partial charge in [0.15, 0.2) is 0 Å². The van der Waals surface area contributed by atoms with Crippen LogP contribution in [0, 0.1) is 0 Å². The van der Waals surface area contributed by atoms with Gasteiger partial charge in [-0.05, 0) is 41.5 Å². The van der Waals surface area contributed by atoms with Crippen molar-refractivity contribution in [1.82, 2.24) is 10.2 Å². The quantitative estimate of drug-likeness (QED) is 0.835. The van der Waals surface area contributed by atoms with Crippen molar-refractivity contribution in [3.63, 3.8) is 0 Å². The number of hydrogen-bond donors (Lipinski definition) is 1. The van der Waals surface area contributed by atoms with Gasteiger partial charge in [-0.2, -0.15) is 0 Å². The molecule has 0 bridgehead atoms. The summed E-state index contributed by atoms with van der Waals surface area (Å²) in [5.74, 6) is 0. The monoisotopic (exact) mass is 272 g/mol. The van der Waals surface area contributed by atoms with E-state index < -0.39 is 5.60 Å². The number of nitrogens with zero attached hydrogens (tertiary/aromatic N) is 1. The van der Waals surface area contributed by atoms with Crippen molar-refractivity contribution in [2.45, 2.75) is 58.8 Å². The highest BCUT2D eigenvalue weighted by Gasteiger charge is 2.28. The molecule has 1 saturated heterocycles. The van der Waals surface area contributed by atoms with Crippen LogP contribution in [0.25, 0.3) is 0 Å². The Balaban J connectivity index is 2.35. The van der Waals surface area contributed by atoms with Crippen molar-refractivity contribution in [3.8, 4) is 0 Å². The molecule has 0 aromatic carbocycles. The molecular formula is C14H28N2O3. The van der Waals surface area contributed by atoms with E-state index in [1.807, 2.05) is 20.8 Å². The number of alkyl carbamates (subject to hydrolysis) is 1. The molecule has 5 heteroatoms. The van der Waals surface area contributed by atoms with E-state index in [1.165, 1.54) is 0 Å². The topological polar surface area (TPSA) is 50.8 Å². The molecule has 5 nitrogen and oxygen atoms in total. The zero-order chi connectivity index (χ0) is 14.7. The van der Waals surface area contributed by atoms with Gasteiger partial charge in [0.1, 0.15) is 5.60 Å². The molecule has 0 radical (unpaired) electrons. The molecule has 1 rings (SSSR count). The summed E-state index contributed by atoms with van der Waals surface area (Å²) in [5, 5.41) is 2.77. The molecule has 0 aromatic heterocycles. The highest BCUT2D eigenvalue weighted by molar-refractivity contribution is 5.67. The van der Waals surface area contributed by atoms with Gasteiger partial charge < -0.3 is 14.8 Å². The van der Waals surface area contributed by atoms with Crippen molar-refractivity contribution in [3.05, 3.63) is 0 Å². The van der Waals surface area contributed by atoms with E-state index in [4.69, 9.17) is 9.47 Å². The van der Waals surface area contributed by atoms with Gasteiger partial charge in [-0.3, -0.25) is 4.90 Å². The molecule has 1 heterocycles. The summed E-state index contributed by atoms with van der Waals surface area (Å²) in [6, 6.07) is 0. The third kappa shape index (κ3) is 6.25. The third-order valence-corrected chi connectivity index (χ3v) is 2.96. The minimum atomic E-state index is -0.463. The molecule has 0 aromatic rings. The molecule has 0 saturated carbocycles. The first-order chi connectivity index (χ1) is 8.58. The van der Waals surface area contributed by atoms with E-state index in [1.54, 1.807) is 0 Å². The summed E-state index contributed by atoms with van der Waals surface area (Å²) in [6.45, 7) is 15.1. The van der Waals surface area contributed by atoms with E-state index in [-0.39, 0.29) is 17.7 Å². The zero-order valence-corrected chi connectivity index (χ0v) is 13.1. The van der Waals surface area contributed by atoms with E-state index in [2.05, 4.69) is 31.0 Å². The molecular weight excluding hydrogens is 244 g/mol. The summed E-state index contributed by atoms with van der Waals surface area (Å²) >= 11 is 0. The number of ether oxygens (including phenoxy) is 2. The molecule has 1 atom stereocenters. The van der Waals surface area contributed by atoms with Gasteiger partial charge in [0, 0.05) is 25.2 Å². The molecule has 1 amide bonds. The van der Waals surface area contributed by atoms with E-state index in [0.29, 0.717) is 13.2 Å². The van der Waals surface area contributed by atoms with Crippen LogP contribution in [0.15, 0.2) is 0 Å². The maximum Gasteiger partial charge on any atom is 0.407 e. The molecule has 1 N–H and O–H groups in total. The fraction of sp³-hybridized carbons (Fsp3) is 0.929. The number of carbonyl (C=O) groups is 1. The summed E-state index contributed by atoms with van der Waals surface area (Å²) < 4.78 is 10.9. The molecule has 1 aliphatic heterocycles. The Morgan fingerprint density at radius 3 is 2.47 bits per heavy atom. The number of hydrogen-bond acceptors (Lipinski definition) is 4. The van der Waals surface area contributed by atoms with Gasteiger partial charge in [0.05, 0.1) is 12.7 Å². The number of carbonyl (C=O) groups excluding carboxylic acids is 1. The minimum absolute atomic E-state index is 0.0282. The number of rotatable bonds is 2. The Hall–Kier alpha value is -0.810. The zero-order valence-electron chi connectivity index (χ0n) is 13.1. The van der Waals surface area contributed by atoms with Crippen LogP contribution < -0.4 is 5.32 Å². The molecule has 112 valence electrons. The molecule has 19 heavy (non-hydrogen) atoms. The van der Waals surface area contributed by atoms with Crippen molar-refractivity contribution in [2.24, 2.45) is 0 Å². The van der Waals surface area contributed by atoms with Gasteiger partial charge in [0.2, 0.25) is 0 Å².